The highest BCUT2D eigenvalue weighted by atomic mass is 19.1. The van der Waals surface area contributed by atoms with Crippen LogP contribution in [0.4, 0.5) is 8.78 Å². The van der Waals surface area contributed by atoms with Crippen LogP contribution < -0.4 is 0 Å². The maximum absolute atomic E-state index is 13.7. The number of rotatable bonds is 2. The van der Waals surface area contributed by atoms with E-state index in [2.05, 4.69) is 0 Å². The number of halogens is 2. The predicted octanol–water partition coefficient (Wildman–Crippen LogP) is 2.73. The van der Waals surface area contributed by atoms with Gasteiger partial charge in [0.2, 0.25) is 0 Å². The van der Waals surface area contributed by atoms with Gasteiger partial charge in [0.1, 0.15) is 11.6 Å². The van der Waals surface area contributed by atoms with Crippen molar-refractivity contribution in [3.63, 3.8) is 0 Å². The van der Waals surface area contributed by atoms with Crippen LogP contribution in [0, 0.1) is 17.6 Å². The number of likely N-dealkylation sites (tertiary alicyclic amines) is 1. The smallest absolute Gasteiger partial charge is 0.128 e. The Kier molecular flexibility index (Phi) is 3.97. The standard InChI is InChI=1S/C14H19F2NO/c1-9-5-6-17(8-14(9)18)10(2)12-7-11(15)3-4-13(12)16/h3-4,7,9-10,14,18H,5-6,8H2,1-2H3. The Morgan fingerprint density at radius 1 is 1.39 bits per heavy atom. The SMILES string of the molecule is CC1CCN(C(C)c2cc(F)ccc2F)CC1O. The van der Waals surface area contributed by atoms with Crippen molar-refractivity contribution in [2.75, 3.05) is 13.1 Å². The molecule has 0 radical (unpaired) electrons. The van der Waals surface area contributed by atoms with Gasteiger partial charge in [-0.15, -0.1) is 0 Å². The molecular formula is C14H19F2NO. The summed E-state index contributed by atoms with van der Waals surface area (Å²) in [6, 6.07) is 3.30. The molecule has 1 saturated heterocycles. The number of hydrogen-bond acceptors (Lipinski definition) is 2. The van der Waals surface area contributed by atoms with Crippen LogP contribution in [-0.4, -0.2) is 29.2 Å². The number of aliphatic hydroxyl groups is 1. The summed E-state index contributed by atoms with van der Waals surface area (Å²) < 4.78 is 26.9. The van der Waals surface area contributed by atoms with E-state index < -0.39 is 17.7 Å². The highest BCUT2D eigenvalue weighted by molar-refractivity contribution is 5.22. The highest BCUT2D eigenvalue weighted by Crippen LogP contribution is 2.28. The van der Waals surface area contributed by atoms with Crippen molar-refractivity contribution in [3.8, 4) is 0 Å². The second-order valence-electron chi connectivity index (χ2n) is 5.17. The molecule has 0 aromatic heterocycles. The van der Waals surface area contributed by atoms with Gasteiger partial charge < -0.3 is 5.11 Å². The first kappa shape index (κ1) is 13.4. The first-order valence-electron chi connectivity index (χ1n) is 6.36. The summed E-state index contributed by atoms with van der Waals surface area (Å²) in [7, 11) is 0. The van der Waals surface area contributed by atoms with E-state index in [0.717, 1.165) is 25.1 Å². The second kappa shape index (κ2) is 5.33. The van der Waals surface area contributed by atoms with Crippen molar-refractivity contribution in [2.45, 2.75) is 32.4 Å². The van der Waals surface area contributed by atoms with Crippen LogP contribution in [0.3, 0.4) is 0 Å². The Morgan fingerprint density at radius 3 is 2.78 bits per heavy atom. The normalized spacial score (nSPS) is 27.2. The molecule has 1 fully saturated rings. The molecule has 1 aromatic rings. The average molecular weight is 255 g/mol. The summed E-state index contributed by atoms with van der Waals surface area (Å²) in [6.07, 6.45) is 0.487. The van der Waals surface area contributed by atoms with E-state index in [0.29, 0.717) is 12.1 Å². The summed E-state index contributed by atoms with van der Waals surface area (Å²) >= 11 is 0. The van der Waals surface area contributed by atoms with Gasteiger partial charge in [-0.3, -0.25) is 4.90 Å². The van der Waals surface area contributed by atoms with Crippen LogP contribution in [-0.2, 0) is 0 Å². The minimum absolute atomic E-state index is 0.220. The molecule has 3 atom stereocenters. The number of piperidine rings is 1. The fourth-order valence-corrected chi connectivity index (χ4v) is 2.46. The average Bonchev–Trinajstić information content (AvgIpc) is 2.35. The second-order valence-corrected chi connectivity index (χ2v) is 5.17. The molecule has 3 unspecified atom stereocenters. The fraction of sp³-hybridized carbons (Fsp3) is 0.571. The lowest BCUT2D eigenvalue weighted by Crippen LogP contribution is -2.44. The molecule has 1 heterocycles. The molecule has 2 rings (SSSR count). The zero-order valence-electron chi connectivity index (χ0n) is 10.7. The van der Waals surface area contributed by atoms with E-state index in [-0.39, 0.29) is 12.0 Å². The van der Waals surface area contributed by atoms with Gasteiger partial charge >= 0.3 is 0 Å². The van der Waals surface area contributed by atoms with Crippen molar-refractivity contribution < 1.29 is 13.9 Å². The van der Waals surface area contributed by atoms with Crippen LogP contribution in [0.25, 0.3) is 0 Å². The number of benzene rings is 1. The van der Waals surface area contributed by atoms with Gasteiger partial charge in [0.15, 0.2) is 0 Å². The third-order valence-electron chi connectivity index (χ3n) is 3.91. The monoisotopic (exact) mass is 255 g/mol. The minimum Gasteiger partial charge on any atom is -0.392 e. The molecule has 18 heavy (non-hydrogen) atoms. The molecule has 0 bridgehead atoms. The first-order chi connectivity index (χ1) is 8.49. The van der Waals surface area contributed by atoms with Gasteiger partial charge in [-0.2, -0.15) is 0 Å². The lowest BCUT2D eigenvalue weighted by Gasteiger charge is -2.38. The van der Waals surface area contributed by atoms with Gasteiger partial charge in [0.25, 0.3) is 0 Å². The van der Waals surface area contributed by atoms with Crippen molar-refractivity contribution >= 4 is 0 Å². The van der Waals surface area contributed by atoms with Crippen molar-refractivity contribution in [1.29, 1.82) is 0 Å². The van der Waals surface area contributed by atoms with E-state index in [1.54, 1.807) is 0 Å². The molecule has 1 N–H and O–H groups in total. The van der Waals surface area contributed by atoms with Crippen LogP contribution in [0.5, 0.6) is 0 Å². The van der Waals surface area contributed by atoms with Crippen LogP contribution in [0.2, 0.25) is 0 Å². The number of hydrogen-bond donors (Lipinski definition) is 1. The molecule has 0 saturated carbocycles. The van der Waals surface area contributed by atoms with E-state index in [4.69, 9.17) is 0 Å². The maximum Gasteiger partial charge on any atom is 0.128 e. The van der Waals surface area contributed by atoms with Crippen molar-refractivity contribution in [1.82, 2.24) is 4.90 Å². The number of aliphatic hydroxyl groups excluding tert-OH is 1. The van der Waals surface area contributed by atoms with Crippen LogP contribution in [0.15, 0.2) is 18.2 Å². The Morgan fingerprint density at radius 2 is 2.11 bits per heavy atom. The topological polar surface area (TPSA) is 23.5 Å². The third-order valence-corrected chi connectivity index (χ3v) is 3.91. The first-order valence-corrected chi connectivity index (χ1v) is 6.36. The van der Waals surface area contributed by atoms with E-state index in [1.165, 1.54) is 6.07 Å². The summed E-state index contributed by atoms with van der Waals surface area (Å²) in [5, 5.41) is 9.86. The molecule has 1 aliphatic heterocycles. The maximum atomic E-state index is 13.7. The molecule has 1 aromatic carbocycles. The molecule has 4 heteroatoms. The third kappa shape index (κ3) is 2.70. The van der Waals surface area contributed by atoms with Crippen LogP contribution >= 0.6 is 0 Å². The summed E-state index contributed by atoms with van der Waals surface area (Å²) in [4.78, 5) is 2.00. The van der Waals surface area contributed by atoms with Gasteiger partial charge in [0, 0.05) is 18.2 Å². The molecule has 2 nitrogen and oxygen atoms in total. The number of β-amino-alcohol motifs (C(OH)–C–C–N with tert-alkyl or cyclic N) is 1. The van der Waals surface area contributed by atoms with Gasteiger partial charge in [0.05, 0.1) is 6.10 Å². The molecule has 0 aliphatic carbocycles. The van der Waals surface area contributed by atoms with Gasteiger partial charge in [-0.05, 0) is 44.0 Å². The predicted molar refractivity (Wildman–Crippen MR) is 66.1 cm³/mol. The van der Waals surface area contributed by atoms with Gasteiger partial charge in [-0.25, -0.2) is 8.78 Å². The molecule has 100 valence electrons. The quantitative estimate of drug-likeness (QED) is 0.878. The molecule has 0 amide bonds. The van der Waals surface area contributed by atoms with Crippen molar-refractivity contribution in [2.24, 2.45) is 5.92 Å². The van der Waals surface area contributed by atoms with Gasteiger partial charge in [-0.1, -0.05) is 6.92 Å². The summed E-state index contributed by atoms with van der Waals surface area (Å²) in [6.45, 7) is 5.17. The molecule has 0 spiro atoms. The Bertz CT molecular complexity index is 424. The highest BCUT2D eigenvalue weighted by Gasteiger charge is 2.28. The fourth-order valence-electron chi connectivity index (χ4n) is 2.46. The zero-order valence-corrected chi connectivity index (χ0v) is 10.7. The number of nitrogens with zero attached hydrogens (tertiary/aromatic N) is 1. The Hall–Kier alpha value is -1.00. The Labute approximate surface area is 106 Å². The van der Waals surface area contributed by atoms with Crippen molar-refractivity contribution in [3.05, 3.63) is 35.4 Å². The summed E-state index contributed by atoms with van der Waals surface area (Å²) in [5.41, 5.74) is 0.358. The molecular weight excluding hydrogens is 236 g/mol. The Balaban J connectivity index is 2.16. The lowest BCUT2D eigenvalue weighted by molar-refractivity contribution is 0.0122. The minimum atomic E-state index is -0.427. The molecule has 1 aliphatic rings. The summed E-state index contributed by atoms with van der Waals surface area (Å²) in [5.74, 6) is -0.549. The largest absolute Gasteiger partial charge is 0.392 e. The lowest BCUT2D eigenvalue weighted by atomic mass is 9.93. The van der Waals surface area contributed by atoms with Crippen LogP contribution in [0.1, 0.15) is 31.9 Å². The van der Waals surface area contributed by atoms with E-state index >= 15 is 0 Å². The van der Waals surface area contributed by atoms with E-state index in [9.17, 15) is 13.9 Å². The zero-order chi connectivity index (χ0) is 13.3. The van der Waals surface area contributed by atoms with E-state index in [1.807, 2.05) is 18.7 Å².